The van der Waals surface area contributed by atoms with E-state index < -0.39 is 0 Å². The quantitative estimate of drug-likeness (QED) is 0.685. The maximum absolute atomic E-state index is 9.56. The molecule has 0 amide bonds. The first-order valence-electron chi connectivity index (χ1n) is 5.33. The van der Waals surface area contributed by atoms with Crippen LogP contribution in [-0.4, -0.2) is 27.7 Å². The van der Waals surface area contributed by atoms with E-state index in [2.05, 4.69) is 15.3 Å². The Morgan fingerprint density at radius 1 is 1.33 bits per heavy atom. The predicted molar refractivity (Wildman–Crippen MR) is 59.2 cm³/mol. The topological polar surface area (TPSA) is 58.0 Å². The van der Waals surface area contributed by atoms with Crippen LogP contribution in [0.3, 0.4) is 0 Å². The highest BCUT2D eigenvalue weighted by atomic mass is 16.3. The van der Waals surface area contributed by atoms with E-state index in [0.29, 0.717) is 5.92 Å². The summed E-state index contributed by atoms with van der Waals surface area (Å²) in [6.45, 7) is 5.62. The molecule has 1 heterocycles. The molecule has 1 aromatic heterocycles. The summed E-state index contributed by atoms with van der Waals surface area (Å²) in [5.41, 5.74) is 1.07. The molecule has 0 aliphatic rings. The molecule has 1 unspecified atom stereocenters. The molecular weight excluding hydrogens is 190 g/mol. The van der Waals surface area contributed by atoms with Gasteiger partial charge in [-0.05, 0) is 18.9 Å². The van der Waals surface area contributed by atoms with Crippen molar-refractivity contribution in [2.45, 2.75) is 32.9 Å². The summed E-state index contributed by atoms with van der Waals surface area (Å²) in [6, 6.07) is 0. The second-order valence-electron chi connectivity index (χ2n) is 4.02. The van der Waals surface area contributed by atoms with Crippen molar-refractivity contribution in [2.24, 2.45) is 5.92 Å². The number of nitrogens with zero attached hydrogens (tertiary/aromatic N) is 2. The number of aliphatic hydroxyl groups is 1. The molecule has 84 valence electrons. The fourth-order valence-electron chi connectivity index (χ4n) is 1.24. The Morgan fingerprint density at radius 2 is 2.00 bits per heavy atom. The van der Waals surface area contributed by atoms with E-state index in [-0.39, 0.29) is 6.10 Å². The zero-order valence-corrected chi connectivity index (χ0v) is 9.35. The van der Waals surface area contributed by atoms with Crippen LogP contribution in [0.2, 0.25) is 0 Å². The van der Waals surface area contributed by atoms with Gasteiger partial charge in [0.2, 0.25) is 0 Å². The summed E-state index contributed by atoms with van der Waals surface area (Å²) < 4.78 is 0. The van der Waals surface area contributed by atoms with Crippen molar-refractivity contribution >= 4 is 0 Å². The minimum atomic E-state index is -0.218. The summed E-state index contributed by atoms with van der Waals surface area (Å²) in [5, 5.41) is 12.8. The Morgan fingerprint density at radius 3 is 2.60 bits per heavy atom. The molecular formula is C11H19N3O. The van der Waals surface area contributed by atoms with Crippen LogP contribution in [-0.2, 0) is 6.54 Å². The van der Waals surface area contributed by atoms with Gasteiger partial charge in [0.25, 0.3) is 0 Å². The van der Waals surface area contributed by atoms with Crippen LogP contribution in [0.5, 0.6) is 0 Å². The molecule has 0 saturated carbocycles. The Hall–Kier alpha value is -1.00. The Bertz CT molecular complexity index is 264. The molecule has 0 bridgehead atoms. The fraction of sp³-hybridized carbons (Fsp3) is 0.636. The van der Waals surface area contributed by atoms with Crippen LogP contribution in [0, 0.1) is 5.92 Å². The monoisotopic (exact) mass is 209 g/mol. The minimum Gasteiger partial charge on any atom is -0.393 e. The molecule has 15 heavy (non-hydrogen) atoms. The van der Waals surface area contributed by atoms with Gasteiger partial charge in [0.1, 0.15) is 6.33 Å². The molecule has 2 N–H and O–H groups in total. The van der Waals surface area contributed by atoms with E-state index in [1.807, 2.05) is 13.8 Å². The number of hydrogen-bond donors (Lipinski definition) is 2. The van der Waals surface area contributed by atoms with E-state index in [9.17, 15) is 5.11 Å². The van der Waals surface area contributed by atoms with Crippen LogP contribution in [0.4, 0.5) is 0 Å². The lowest BCUT2D eigenvalue weighted by atomic mass is 10.0. The molecule has 1 rings (SSSR count). The highest BCUT2D eigenvalue weighted by Crippen LogP contribution is 2.04. The van der Waals surface area contributed by atoms with Crippen molar-refractivity contribution in [3.05, 3.63) is 24.3 Å². The lowest BCUT2D eigenvalue weighted by molar-refractivity contribution is 0.116. The van der Waals surface area contributed by atoms with E-state index in [1.54, 1.807) is 12.4 Å². The number of rotatable bonds is 6. The van der Waals surface area contributed by atoms with Crippen LogP contribution in [0.1, 0.15) is 25.8 Å². The molecule has 4 nitrogen and oxygen atoms in total. The van der Waals surface area contributed by atoms with Crippen molar-refractivity contribution in [3.63, 3.8) is 0 Å². The van der Waals surface area contributed by atoms with Gasteiger partial charge in [0.05, 0.1) is 6.10 Å². The summed E-state index contributed by atoms with van der Waals surface area (Å²) in [5.74, 6) is 0.326. The van der Waals surface area contributed by atoms with E-state index in [4.69, 9.17) is 0 Å². The zero-order chi connectivity index (χ0) is 11.1. The first-order chi connectivity index (χ1) is 7.20. The van der Waals surface area contributed by atoms with Crippen LogP contribution in [0.15, 0.2) is 18.7 Å². The molecule has 1 aromatic rings. The average molecular weight is 209 g/mol. The Labute approximate surface area is 90.8 Å². The third kappa shape index (κ3) is 4.85. The van der Waals surface area contributed by atoms with Gasteiger partial charge in [-0.3, -0.25) is 0 Å². The maximum Gasteiger partial charge on any atom is 0.115 e. The third-order valence-corrected chi connectivity index (χ3v) is 2.33. The van der Waals surface area contributed by atoms with Crippen LogP contribution in [0.25, 0.3) is 0 Å². The Kier molecular flexibility index (Phi) is 5.21. The third-order valence-electron chi connectivity index (χ3n) is 2.33. The van der Waals surface area contributed by atoms with Crippen molar-refractivity contribution in [3.8, 4) is 0 Å². The van der Waals surface area contributed by atoms with E-state index in [0.717, 1.165) is 25.1 Å². The summed E-state index contributed by atoms with van der Waals surface area (Å²) in [4.78, 5) is 7.85. The first kappa shape index (κ1) is 12.1. The SMILES string of the molecule is CC(C)C(O)CCNCc1cncnc1. The molecule has 0 aliphatic heterocycles. The second-order valence-corrected chi connectivity index (χ2v) is 4.02. The molecule has 0 aliphatic carbocycles. The summed E-state index contributed by atoms with van der Waals surface area (Å²) in [7, 11) is 0. The minimum absolute atomic E-state index is 0.218. The normalized spacial score (nSPS) is 13.1. The molecule has 0 fully saturated rings. The number of aromatic nitrogens is 2. The smallest absolute Gasteiger partial charge is 0.115 e. The van der Waals surface area contributed by atoms with Gasteiger partial charge in [0.15, 0.2) is 0 Å². The molecule has 1 atom stereocenters. The van der Waals surface area contributed by atoms with Gasteiger partial charge in [0, 0.05) is 24.5 Å². The fourth-order valence-corrected chi connectivity index (χ4v) is 1.24. The van der Waals surface area contributed by atoms with Gasteiger partial charge in [-0.2, -0.15) is 0 Å². The molecule has 0 radical (unpaired) electrons. The van der Waals surface area contributed by atoms with Gasteiger partial charge in [-0.25, -0.2) is 9.97 Å². The van der Waals surface area contributed by atoms with E-state index >= 15 is 0 Å². The van der Waals surface area contributed by atoms with Gasteiger partial charge in [-0.15, -0.1) is 0 Å². The summed E-state index contributed by atoms with van der Waals surface area (Å²) in [6.07, 6.45) is 5.67. The molecule has 0 spiro atoms. The van der Waals surface area contributed by atoms with Crippen molar-refractivity contribution in [2.75, 3.05) is 6.54 Å². The van der Waals surface area contributed by atoms with Gasteiger partial charge < -0.3 is 10.4 Å². The lowest BCUT2D eigenvalue weighted by Crippen LogP contribution is -2.23. The van der Waals surface area contributed by atoms with Crippen molar-refractivity contribution in [1.29, 1.82) is 0 Å². The first-order valence-corrected chi connectivity index (χ1v) is 5.33. The Balaban J connectivity index is 2.12. The van der Waals surface area contributed by atoms with Crippen LogP contribution < -0.4 is 5.32 Å². The largest absolute Gasteiger partial charge is 0.393 e. The van der Waals surface area contributed by atoms with Gasteiger partial charge in [-0.1, -0.05) is 13.8 Å². The van der Waals surface area contributed by atoms with Crippen LogP contribution >= 0.6 is 0 Å². The highest BCUT2D eigenvalue weighted by Gasteiger charge is 2.07. The average Bonchev–Trinajstić information content (AvgIpc) is 2.25. The summed E-state index contributed by atoms with van der Waals surface area (Å²) >= 11 is 0. The van der Waals surface area contributed by atoms with Crippen molar-refractivity contribution in [1.82, 2.24) is 15.3 Å². The number of hydrogen-bond acceptors (Lipinski definition) is 4. The van der Waals surface area contributed by atoms with Crippen molar-refractivity contribution < 1.29 is 5.11 Å². The zero-order valence-electron chi connectivity index (χ0n) is 9.35. The molecule has 0 aromatic carbocycles. The standard InChI is InChI=1S/C11H19N3O/c1-9(2)11(15)3-4-12-5-10-6-13-8-14-7-10/h6-9,11-12,15H,3-5H2,1-2H3. The lowest BCUT2D eigenvalue weighted by Gasteiger charge is -2.14. The number of nitrogens with one attached hydrogen (secondary N) is 1. The molecule has 0 saturated heterocycles. The maximum atomic E-state index is 9.56. The van der Waals surface area contributed by atoms with E-state index in [1.165, 1.54) is 6.33 Å². The highest BCUT2D eigenvalue weighted by molar-refractivity contribution is 5.01. The predicted octanol–water partition coefficient (Wildman–Crippen LogP) is 0.973. The molecule has 4 heteroatoms. The second kappa shape index (κ2) is 6.48. The van der Waals surface area contributed by atoms with Gasteiger partial charge >= 0.3 is 0 Å². The number of aliphatic hydroxyl groups excluding tert-OH is 1.